The van der Waals surface area contributed by atoms with Gasteiger partial charge in [0, 0.05) is 32.3 Å². The molecule has 16 aromatic rings. The average molecular weight is 539 g/mol. The Bertz CT molecular complexity index is 2430. The SMILES string of the molecule is C[n+]1cc2cc3ccc4cc(c[n+](C)c4c31)c1ccc(cc1)c1ccc3ccc4ccc(nc4c3n1)c1ccc2cc1. The predicted octanol–water partition coefficient (Wildman–Crippen LogP) is 7.91. The molecule has 0 aliphatic carbocycles. The Morgan fingerprint density at radius 2 is 0.690 bits per heavy atom. The van der Waals surface area contributed by atoms with Crippen LogP contribution in [0.2, 0.25) is 0 Å². The zero-order valence-electron chi connectivity index (χ0n) is 23.3. The molecule has 42 heavy (non-hydrogen) atoms. The van der Waals surface area contributed by atoms with Gasteiger partial charge in [0.15, 0.2) is 12.4 Å². The first-order valence-electron chi connectivity index (χ1n) is 14.3. The number of nitrogens with zero attached hydrogens (tertiary/aromatic N) is 4. The number of benzene rings is 4. The van der Waals surface area contributed by atoms with Crippen molar-refractivity contribution in [3.8, 4) is 0 Å². The van der Waals surface area contributed by atoms with Gasteiger partial charge < -0.3 is 0 Å². The van der Waals surface area contributed by atoms with Gasteiger partial charge in [-0.1, -0.05) is 72.8 Å². The summed E-state index contributed by atoms with van der Waals surface area (Å²) in [7, 11) is 4.29. The smallest absolute Gasteiger partial charge is 0.245 e. The third-order valence-electron chi connectivity index (χ3n) is 8.75. The van der Waals surface area contributed by atoms with E-state index in [0.29, 0.717) is 0 Å². The number of hydrogen-bond donors (Lipinski definition) is 0. The zero-order valence-corrected chi connectivity index (χ0v) is 23.3. The Morgan fingerprint density at radius 3 is 1.12 bits per heavy atom. The number of hydrogen-bond acceptors (Lipinski definition) is 2. The monoisotopic (exact) mass is 538 g/mol. The highest BCUT2D eigenvalue weighted by molar-refractivity contribution is 6.07. The molecule has 0 radical (unpaired) electrons. The van der Waals surface area contributed by atoms with E-state index >= 15 is 0 Å². The molecule has 4 heteroatoms. The molecule has 0 aliphatic heterocycles. The van der Waals surface area contributed by atoms with Crippen LogP contribution in [0.1, 0.15) is 0 Å². The maximum absolute atomic E-state index is 5.15. The molecule has 0 saturated heterocycles. The first-order chi connectivity index (χ1) is 20.6. The van der Waals surface area contributed by atoms with E-state index in [1.807, 2.05) is 0 Å². The number of aromatic nitrogens is 4. The lowest BCUT2D eigenvalue weighted by atomic mass is 10.0. The lowest BCUT2D eigenvalue weighted by molar-refractivity contribution is -0.662. The molecule has 12 aromatic heterocycles. The van der Waals surface area contributed by atoms with Crippen LogP contribution in [-0.2, 0) is 14.1 Å². The van der Waals surface area contributed by atoms with Crippen molar-refractivity contribution in [3.05, 3.63) is 122 Å². The third kappa shape index (κ3) is 3.42. The molecule has 0 atom stereocenters. The van der Waals surface area contributed by atoms with Gasteiger partial charge >= 0.3 is 0 Å². The van der Waals surface area contributed by atoms with E-state index in [1.165, 1.54) is 43.4 Å². The summed E-state index contributed by atoms with van der Waals surface area (Å²) in [6.07, 6.45) is 4.47. The topological polar surface area (TPSA) is 33.5 Å². The summed E-state index contributed by atoms with van der Waals surface area (Å²) in [4.78, 5) is 10.3. The minimum absolute atomic E-state index is 0.927. The van der Waals surface area contributed by atoms with Gasteiger partial charge in [0.2, 0.25) is 0 Å². The fraction of sp³-hybridized carbons (Fsp3) is 0.0526. The predicted molar refractivity (Wildman–Crippen MR) is 173 cm³/mol. The van der Waals surface area contributed by atoms with Gasteiger partial charge in [-0.25, -0.2) is 9.97 Å². The van der Waals surface area contributed by atoms with Gasteiger partial charge in [0.25, 0.3) is 11.0 Å². The Morgan fingerprint density at radius 1 is 0.357 bits per heavy atom. The van der Waals surface area contributed by atoms with E-state index in [-0.39, 0.29) is 0 Å². The maximum atomic E-state index is 5.15. The molecule has 14 bridgehead atoms. The molecular weight excluding hydrogens is 512 g/mol. The van der Waals surface area contributed by atoms with Crippen molar-refractivity contribution in [1.29, 1.82) is 0 Å². The average Bonchev–Trinajstić information content (AvgIpc) is 3.03. The van der Waals surface area contributed by atoms with Crippen molar-refractivity contribution in [2.45, 2.75) is 0 Å². The first kappa shape index (κ1) is 23.2. The molecular formula is C38H26N4+2. The summed E-state index contributed by atoms with van der Waals surface area (Å²) in [5.74, 6) is 0. The summed E-state index contributed by atoms with van der Waals surface area (Å²) >= 11 is 0. The molecule has 0 saturated carbocycles. The maximum Gasteiger partial charge on any atom is 0.285 e. The second-order valence-electron chi connectivity index (χ2n) is 11.4. The van der Waals surface area contributed by atoms with E-state index in [9.17, 15) is 0 Å². The molecule has 0 unspecified atom stereocenters. The van der Waals surface area contributed by atoms with Crippen LogP contribution in [-0.4, -0.2) is 9.97 Å². The third-order valence-corrected chi connectivity index (χ3v) is 8.75. The van der Waals surface area contributed by atoms with Crippen LogP contribution in [0, 0.1) is 0 Å². The van der Waals surface area contributed by atoms with Crippen molar-refractivity contribution in [1.82, 2.24) is 9.97 Å². The van der Waals surface area contributed by atoms with E-state index < -0.39 is 0 Å². The Labute approximate surface area is 241 Å². The Kier molecular flexibility index (Phi) is 4.71. The van der Waals surface area contributed by atoms with E-state index in [1.54, 1.807) is 0 Å². The van der Waals surface area contributed by atoms with Crippen molar-refractivity contribution < 1.29 is 9.13 Å². The Balaban J connectivity index is 1.47. The summed E-state index contributed by atoms with van der Waals surface area (Å²) < 4.78 is 4.52. The van der Waals surface area contributed by atoms with Gasteiger partial charge in [-0.15, -0.1) is 0 Å². The number of aryl methyl sites for hydroxylation is 2. The number of pyridine rings is 4. The van der Waals surface area contributed by atoms with Crippen LogP contribution in [0.3, 0.4) is 0 Å². The molecule has 16 rings (SSSR count). The van der Waals surface area contributed by atoms with Crippen LogP contribution in [0.5, 0.6) is 0 Å². The van der Waals surface area contributed by atoms with E-state index in [2.05, 4.69) is 145 Å². The normalized spacial score (nSPS) is 12.0. The lowest BCUT2D eigenvalue weighted by Gasteiger charge is -2.05. The highest BCUT2D eigenvalue weighted by Crippen LogP contribution is 2.28. The molecule has 0 amide bonds. The molecule has 0 fully saturated rings. The van der Waals surface area contributed by atoms with Crippen LogP contribution in [0.15, 0.2) is 122 Å². The van der Waals surface area contributed by atoms with Gasteiger partial charge in [-0.3, -0.25) is 0 Å². The standard InChI is InChI=1S/C38H26N4/c1-41-21-31-19-29-13-14-30-20-32(22-42(2)38(30)37(29)41)24-5-9-26(10-6-24)34-18-16-28-12-11-27-15-17-33(39-35(27)36(28)40-34)25-7-3-23(31)4-8-25/h3-22H,1-2H3/q+2. The van der Waals surface area contributed by atoms with Crippen LogP contribution in [0.4, 0.5) is 0 Å². The van der Waals surface area contributed by atoms with Crippen molar-refractivity contribution in [2.75, 3.05) is 0 Å². The summed E-state index contributed by atoms with van der Waals surface area (Å²) in [5.41, 5.74) is 6.19. The molecule has 0 N–H and O–H groups in total. The minimum atomic E-state index is 0.927. The summed E-state index contributed by atoms with van der Waals surface area (Å²) in [6, 6.07) is 39.4. The van der Waals surface area contributed by atoms with Crippen molar-refractivity contribution >= 4 is 87.0 Å². The van der Waals surface area contributed by atoms with Gasteiger partial charge in [0.05, 0.1) is 32.8 Å². The number of rotatable bonds is 0. The fourth-order valence-electron chi connectivity index (χ4n) is 6.61. The largest absolute Gasteiger partial charge is 0.285 e. The van der Waals surface area contributed by atoms with Crippen molar-refractivity contribution in [3.63, 3.8) is 0 Å². The molecule has 4 nitrogen and oxygen atoms in total. The highest BCUT2D eigenvalue weighted by atomic mass is 15.0. The first-order valence-corrected chi connectivity index (χ1v) is 14.3. The molecule has 0 spiro atoms. The highest BCUT2D eigenvalue weighted by Gasteiger charge is 2.19. The zero-order chi connectivity index (χ0) is 27.9. The van der Waals surface area contributed by atoms with Crippen LogP contribution >= 0.6 is 0 Å². The minimum Gasteiger partial charge on any atom is -0.245 e. The van der Waals surface area contributed by atoms with E-state index in [0.717, 1.165) is 43.6 Å². The van der Waals surface area contributed by atoms with E-state index in [4.69, 9.17) is 9.97 Å². The quantitative estimate of drug-likeness (QED) is 0.145. The van der Waals surface area contributed by atoms with Crippen molar-refractivity contribution in [2.24, 2.45) is 14.1 Å². The molecule has 12 heterocycles. The van der Waals surface area contributed by atoms with Crippen LogP contribution < -0.4 is 9.13 Å². The fourth-order valence-corrected chi connectivity index (χ4v) is 6.61. The summed E-state index contributed by atoms with van der Waals surface area (Å²) in [5, 5.41) is 11.5. The van der Waals surface area contributed by atoms with Gasteiger partial charge in [-0.2, -0.15) is 9.13 Å². The lowest BCUT2D eigenvalue weighted by Crippen LogP contribution is -2.35. The summed E-state index contributed by atoms with van der Waals surface area (Å²) in [6.45, 7) is 0. The second-order valence-corrected chi connectivity index (χ2v) is 11.4. The molecule has 196 valence electrons. The Hall–Kier alpha value is -5.48. The molecule has 4 aromatic carbocycles. The van der Waals surface area contributed by atoms with Crippen LogP contribution in [0.25, 0.3) is 87.0 Å². The van der Waals surface area contributed by atoms with Gasteiger partial charge in [0.1, 0.15) is 14.1 Å². The molecule has 0 aliphatic rings. The second kappa shape index (κ2) is 8.51. The van der Waals surface area contributed by atoms with Gasteiger partial charge in [-0.05, 0) is 47.2 Å².